The number of hydrogen-bond acceptors (Lipinski definition) is 3. The van der Waals surface area contributed by atoms with Crippen LogP contribution in [-0.4, -0.2) is 35.1 Å². The summed E-state index contributed by atoms with van der Waals surface area (Å²) in [6.07, 6.45) is 8.97. The molecule has 126 valence electrons. The molecule has 2 amide bonds. The molecule has 2 saturated carbocycles. The van der Waals surface area contributed by atoms with E-state index in [1.807, 2.05) is 6.92 Å². The maximum atomic E-state index is 12.1. The molecular formula is C17H30N2O3. The van der Waals surface area contributed by atoms with Gasteiger partial charge in [-0.25, -0.2) is 0 Å². The van der Waals surface area contributed by atoms with E-state index in [9.17, 15) is 14.7 Å². The third-order valence-electron chi connectivity index (χ3n) is 4.93. The van der Waals surface area contributed by atoms with E-state index < -0.39 is 6.10 Å². The van der Waals surface area contributed by atoms with Crippen LogP contribution in [0.4, 0.5) is 0 Å². The van der Waals surface area contributed by atoms with E-state index >= 15 is 0 Å². The van der Waals surface area contributed by atoms with Gasteiger partial charge in [-0.05, 0) is 32.6 Å². The average molecular weight is 310 g/mol. The first-order valence-corrected chi connectivity index (χ1v) is 8.84. The summed E-state index contributed by atoms with van der Waals surface area (Å²) in [5, 5.41) is 15.8. The van der Waals surface area contributed by atoms with Crippen molar-refractivity contribution in [2.24, 2.45) is 5.92 Å². The fraction of sp³-hybridized carbons (Fsp3) is 0.882. The van der Waals surface area contributed by atoms with Crippen molar-refractivity contribution >= 4 is 11.8 Å². The lowest BCUT2D eigenvalue weighted by Gasteiger charge is -2.29. The molecule has 0 aromatic rings. The molecule has 0 radical (unpaired) electrons. The van der Waals surface area contributed by atoms with E-state index in [4.69, 9.17) is 0 Å². The van der Waals surface area contributed by atoms with Crippen LogP contribution in [0.25, 0.3) is 0 Å². The topological polar surface area (TPSA) is 78.4 Å². The Morgan fingerprint density at radius 3 is 2.36 bits per heavy atom. The summed E-state index contributed by atoms with van der Waals surface area (Å²) < 4.78 is 0. The Kier molecular flexibility index (Phi) is 6.68. The zero-order valence-corrected chi connectivity index (χ0v) is 13.6. The van der Waals surface area contributed by atoms with Gasteiger partial charge in [-0.2, -0.15) is 0 Å². The lowest BCUT2D eigenvalue weighted by Crippen LogP contribution is -2.47. The molecule has 0 aromatic heterocycles. The average Bonchev–Trinajstić information content (AvgIpc) is 2.50. The fourth-order valence-corrected chi connectivity index (χ4v) is 3.60. The summed E-state index contributed by atoms with van der Waals surface area (Å²) >= 11 is 0. The van der Waals surface area contributed by atoms with Gasteiger partial charge in [-0.15, -0.1) is 0 Å². The Hall–Kier alpha value is -1.10. The first-order chi connectivity index (χ1) is 10.6. The number of rotatable bonds is 5. The molecule has 0 aromatic carbocycles. The number of nitrogens with one attached hydrogen (secondary N) is 2. The molecule has 0 saturated heterocycles. The van der Waals surface area contributed by atoms with Crippen LogP contribution in [0.2, 0.25) is 0 Å². The van der Waals surface area contributed by atoms with Gasteiger partial charge in [-0.3, -0.25) is 9.59 Å². The minimum atomic E-state index is -0.426. The SMILES string of the molecule is CC(CC(=O)NC1CCCCC1O)NC(=O)C1CCCCC1. The molecule has 5 heteroatoms. The van der Waals surface area contributed by atoms with Crippen molar-refractivity contribution in [3.8, 4) is 0 Å². The second kappa shape index (κ2) is 8.51. The van der Waals surface area contributed by atoms with Gasteiger partial charge in [0.25, 0.3) is 0 Å². The van der Waals surface area contributed by atoms with Crippen molar-refractivity contribution in [3.05, 3.63) is 0 Å². The Morgan fingerprint density at radius 2 is 1.68 bits per heavy atom. The maximum absolute atomic E-state index is 12.1. The quantitative estimate of drug-likeness (QED) is 0.725. The van der Waals surface area contributed by atoms with Crippen LogP contribution < -0.4 is 10.6 Å². The predicted molar refractivity (Wildman–Crippen MR) is 85.2 cm³/mol. The molecule has 3 atom stereocenters. The van der Waals surface area contributed by atoms with Gasteiger partial charge >= 0.3 is 0 Å². The number of amides is 2. The van der Waals surface area contributed by atoms with Crippen molar-refractivity contribution in [1.82, 2.24) is 10.6 Å². The van der Waals surface area contributed by atoms with Gasteiger partial charge in [0, 0.05) is 18.4 Å². The van der Waals surface area contributed by atoms with E-state index in [2.05, 4.69) is 10.6 Å². The monoisotopic (exact) mass is 310 g/mol. The van der Waals surface area contributed by atoms with Crippen molar-refractivity contribution in [1.29, 1.82) is 0 Å². The van der Waals surface area contributed by atoms with Crippen LogP contribution in [0.15, 0.2) is 0 Å². The molecule has 22 heavy (non-hydrogen) atoms. The first-order valence-electron chi connectivity index (χ1n) is 8.84. The number of aliphatic hydroxyl groups excluding tert-OH is 1. The number of carbonyl (C=O) groups is 2. The highest BCUT2D eigenvalue weighted by Crippen LogP contribution is 2.23. The summed E-state index contributed by atoms with van der Waals surface area (Å²) in [6.45, 7) is 1.87. The summed E-state index contributed by atoms with van der Waals surface area (Å²) in [7, 11) is 0. The van der Waals surface area contributed by atoms with Gasteiger partial charge in [0.2, 0.25) is 11.8 Å². The summed E-state index contributed by atoms with van der Waals surface area (Å²) in [5.74, 6) is 0.138. The van der Waals surface area contributed by atoms with Crippen LogP contribution in [-0.2, 0) is 9.59 Å². The standard InChI is InChI=1S/C17H30N2O3/c1-12(18-17(22)13-7-3-2-4-8-13)11-16(21)19-14-9-5-6-10-15(14)20/h12-15,20H,2-11H2,1H3,(H,18,22)(H,19,21). The molecule has 0 heterocycles. The molecule has 2 rings (SSSR count). The van der Waals surface area contributed by atoms with E-state index in [0.717, 1.165) is 51.4 Å². The largest absolute Gasteiger partial charge is 0.391 e. The predicted octanol–water partition coefficient (Wildman–Crippen LogP) is 1.88. The first kappa shape index (κ1) is 17.3. The Labute approximate surface area is 133 Å². The van der Waals surface area contributed by atoms with Gasteiger partial charge in [0.05, 0.1) is 12.1 Å². The molecule has 2 aliphatic rings. The van der Waals surface area contributed by atoms with Crippen molar-refractivity contribution in [2.45, 2.75) is 89.3 Å². The van der Waals surface area contributed by atoms with E-state index in [1.54, 1.807) is 0 Å². The zero-order valence-electron chi connectivity index (χ0n) is 13.6. The minimum Gasteiger partial charge on any atom is -0.391 e. The second-order valence-electron chi connectivity index (χ2n) is 6.97. The van der Waals surface area contributed by atoms with Gasteiger partial charge < -0.3 is 15.7 Å². The summed E-state index contributed by atoms with van der Waals surface area (Å²) in [5.41, 5.74) is 0. The van der Waals surface area contributed by atoms with Gasteiger partial charge in [0.15, 0.2) is 0 Å². The number of hydrogen-bond donors (Lipinski definition) is 3. The van der Waals surface area contributed by atoms with Crippen LogP contribution in [0.1, 0.15) is 71.1 Å². The lowest BCUT2D eigenvalue weighted by molar-refractivity contribution is -0.127. The van der Waals surface area contributed by atoms with E-state index in [0.29, 0.717) is 0 Å². The minimum absolute atomic E-state index is 0.0811. The molecule has 0 aliphatic heterocycles. The van der Waals surface area contributed by atoms with Crippen LogP contribution in [0.5, 0.6) is 0 Å². The Morgan fingerprint density at radius 1 is 1.05 bits per heavy atom. The number of carbonyl (C=O) groups excluding carboxylic acids is 2. The normalized spacial score (nSPS) is 27.9. The molecule has 0 bridgehead atoms. The van der Waals surface area contributed by atoms with Crippen LogP contribution >= 0.6 is 0 Å². The molecule has 5 nitrogen and oxygen atoms in total. The molecule has 2 aliphatic carbocycles. The number of aliphatic hydroxyl groups is 1. The van der Waals surface area contributed by atoms with Crippen molar-refractivity contribution in [2.75, 3.05) is 0 Å². The van der Waals surface area contributed by atoms with Gasteiger partial charge in [-0.1, -0.05) is 32.1 Å². The van der Waals surface area contributed by atoms with E-state index in [1.165, 1.54) is 6.42 Å². The van der Waals surface area contributed by atoms with Crippen LogP contribution in [0.3, 0.4) is 0 Å². The summed E-state index contributed by atoms with van der Waals surface area (Å²) in [6, 6.07) is -0.280. The highest BCUT2D eigenvalue weighted by molar-refractivity contribution is 5.81. The zero-order chi connectivity index (χ0) is 15.9. The van der Waals surface area contributed by atoms with E-state index in [-0.39, 0.29) is 36.2 Å². The molecular weight excluding hydrogens is 280 g/mol. The third kappa shape index (κ3) is 5.27. The fourth-order valence-electron chi connectivity index (χ4n) is 3.60. The lowest BCUT2D eigenvalue weighted by atomic mass is 9.88. The highest BCUT2D eigenvalue weighted by Gasteiger charge is 2.26. The second-order valence-corrected chi connectivity index (χ2v) is 6.97. The van der Waals surface area contributed by atoms with Crippen molar-refractivity contribution < 1.29 is 14.7 Å². The summed E-state index contributed by atoms with van der Waals surface area (Å²) in [4.78, 5) is 24.2. The smallest absolute Gasteiger partial charge is 0.223 e. The molecule has 2 fully saturated rings. The molecule has 0 spiro atoms. The van der Waals surface area contributed by atoms with Gasteiger partial charge in [0.1, 0.15) is 0 Å². The van der Waals surface area contributed by atoms with Crippen molar-refractivity contribution in [3.63, 3.8) is 0 Å². The molecule has 3 unspecified atom stereocenters. The Bertz CT molecular complexity index is 380. The maximum Gasteiger partial charge on any atom is 0.223 e. The molecule has 3 N–H and O–H groups in total. The Balaban J connectivity index is 1.70. The highest BCUT2D eigenvalue weighted by atomic mass is 16.3. The third-order valence-corrected chi connectivity index (χ3v) is 4.93. The van der Waals surface area contributed by atoms with Crippen LogP contribution in [0, 0.1) is 5.92 Å².